The molecule has 2 aromatic heterocycles. The summed E-state index contributed by atoms with van der Waals surface area (Å²) in [7, 11) is 0. The van der Waals surface area contributed by atoms with E-state index in [1.165, 1.54) is 0 Å². The highest BCUT2D eigenvalue weighted by Gasteiger charge is 2.14. The summed E-state index contributed by atoms with van der Waals surface area (Å²) in [5.41, 5.74) is 3.03. The lowest BCUT2D eigenvalue weighted by molar-refractivity contribution is -0.127. The Bertz CT molecular complexity index is 971. The van der Waals surface area contributed by atoms with Gasteiger partial charge in [-0.1, -0.05) is 12.1 Å². The van der Waals surface area contributed by atoms with Gasteiger partial charge in [0.05, 0.1) is 10.7 Å². The molecule has 3 rings (SSSR count). The minimum atomic E-state index is -0.600. The van der Waals surface area contributed by atoms with E-state index in [0.717, 1.165) is 21.8 Å². The fraction of sp³-hybridized carbons (Fsp3) is 0.304. The number of carbonyl (C=O) groups is 2. The zero-order valence-electron chi connectivity index (χ0n) is 17.1. The number of nitrogens with one attached hydrogen (secondary N) is 1. The molecule has 1 aromatic carbocycles. The summed E-state index contributed by atoms with van der Waals surface area (Å²) in [6, 6.07) is 11.4. The third-order valence-electron chi connectivity index (χ3n) is 4.54. The van der Waals surface area contributed by atoms with Crippen molar-refractivity contribution >= 4 is 23.0 Å². The number of hydrogen-bond donors (Lipinski definition) is 1. The van der Waals surface area contributed by atoms with Crippen molar-refractivity contribution < 1.29 is 14.3 Å². The summed E-state index contributed by atoms with van der Waals surface area (Å²) >= 11 is 1.58. The fourth-order valence-electron chi connectivity index (χ4n) is 2.83. The first kappa shape index (κ1) is 21.6. The predicted octanol–water partition coefficient (Wildman–Crippen LogP) is 3.85. The number of ether oxygens (including phenoxy) is 1. The van der Waals surface area contributed by atoms with Crippen LogP contribution in [0.4, 0.5) is 0 Å². The number of aryl methyl sites for hydroxylation is 1. The van der Waals surface area contributed by atoms with Crippen molar-refractivity contribution in [2.45, 2.75) is 39.2 Å². The third kappa shape index (κ3) is 6.49. The first-order chi connectivity index (χ1) is 14.5. The molecule has 0 saturated carbocycles. The number of aromatic nitrogens is 2. The summed E-state index contributed by atoms with van der Waals surface area (Å²) in [6.45, 7) is 3.82. The Balaban J connectivity index is 1.42. The lowest BCUT2D eigenvalue weighted by Gasteiger charge is -2.14. The molecule has 3 aromatic rings. The molecule has 0 aliphatic rings. The molecule has 6 nitrogen and oxygen atoms in total. The Labute approximate surface area is 180 Å². The van der Waals surface area contributed by atoms with Crippen LogP contribution < -0.4 is 10.1 Å². The van der Waals surface area contributed by atoms with E-state index in [9.17, 15) is 9.59 Å². The van der Waals surface area contributed by atoms with Gasteiger partial charge in [0.15, 0.2) is 6.10 Å². The quantitative estimate of drug-likeness (QED) is 0.536. The number of Topliss-reactive ketones (excluding diaryl/α,β-unsaturated/α-hetero) is 1. The molecule has 0 bridgehead atoms. The van der Waals surface area contributed by atoms with Gasteiger partial charge in [0.1, 0.15) is 11.5 Å². The van der Waals surface area contributed by atoms with Gasteiger partial charge in [-0.05, 0) is 50.1 Å². The number of benzene rings is 1. The van der Waals surface area contributed by atoms with E-state index in [1.807, 2.05) is 41.8 Å². The van der Waals surface area contributed by atoms with E-state index in [0.29, 0.717) is 31.6 Å². The molecular formula is C23H25N3O3S. The monoisotopic (exact) mass is 423 g/mol. The van der Waals surface area contributed by atoms with Crippen molar-refractivity contribution in [3.63, 3.8) is 0 Å². The Morgan fingerprint density at radius 3 is 2.53 bits per heavy atom. The molecular weight excluding hydrogens is 398 g/mol. The molecule has 1 atom stereocenters. The number of pyridine rings is 1. The van der Waals surface area contributed by atoms with Gasteiger partial charge in [0.25, 0.3) is 5.91 Å². The van der Waals surface area contributed by atoms with Crippen LogP contribution in [0.5, 0.6) is 5.75 Å². The van der Waals surface area contributed by atoms with Crippen LogP contribution in [0.25, 0.3) is 11.3 Å². The molecule has 156 valence electrons. The second-order valence-electron chi connectivity index (χ2n) is 7.01. The minimum absolute atomic E-state index is 0.165. The lowest BCUT2D eigenvalue weighted by Crippen LogP contribution is -2.37. The van der Waals surface area contributed by atoms with Crippen LogP contribution in [-0.4, -0.2) is 34.3 Å². The number of amides is 1. The van der Waals surface area contributed by atoms with E-state index >= 15 is 0 Å². The molecule has 0 radical (unpaired) electrons. The summed E-state index contributed by atoms with van der Waals surface area (Å²) < 4.78 is 5.72. The standard InChI is InChI=1S/C23H25N3O3S/c1-16(27)3-4-18-5-7-20(8-6-18)29-17(2)23(28)25-14-11-22-26-21(15-30-22)19-9-12-24-13-10-19/h5-10,12-13,15,17H,3-4,11,14H2,1-2H3,(H,25,28)/t17-/m0/s1. The van der Waals surface area contributed by atoms with Gasteiger partial charge < -0.3 is 14.8 Å². The molecule has 0 spiro atoms. The maximum absolute atomic E-state index is 12.3. The number of rotatable bonds is 10. The zero-order valence-corrected chi connectivity index (χ0v) is 17.9. The number of ketones is 1. The van der Waals surface area contributed by atoms with Crippen LogP contribution in [0, 0.1) is 0 Å². The second kappa shape index (κ2) is 10.6. The molecule has 0 fully saturated rings. The highest BCUT2D eigenvalue weighted by molar-refractivity contribution is 7.09. The summed E-state index contributed by atoms with van der Waals surface area (Å²) in [4.78, 5) is 32.0. The molecule has 30 heavy (non-hydrogen) atoms. The second-order valence-corrected chi connectivity index (χ2v) is 7.95. The van der Waals surface area contributed by atoms with Crippen LogP contribution in [0.1, 0.15) is 30.8 Å². The molecule has 0 unspecified atom stereocenters. The van der Waals surface area contributed by atoms with E-state index < -0.39 is 6.10 Å². The topological polar surface area (TPSA) is 81.2 Å². The van der Waals surface area contributed by atoms with E-state index in [2.05, 4.69) is 15.3 Å². The van der Waals surface area contributed by atoms with Crippen molar-refractivity contribution in [2.24, 2.45) is 0 Å². The molecule has 0 aliphatic carbocycles. The molecule has 0 saturated heterocycles. The highest BCUT2D eigenvalue weighted by atomic mass is 32.1. The zero-order chi connectivity index (χ0) is 21.3. The van der Waals surface area contributed by atoms with Crippen LogP contribution in [0.3, 0.4) is 0 Å². The number of thiazole rings is 1. The van der Waals surface area contributed by atoms with E-state index in [-0.39, 0.29) is 11.7 Å². The van der Waals surface area contributed by atoms with Gasteiger partial charge >= 0.3 is 0 Å². The average molecular weight is 424 g/mol. The van der Waals surface area contributed by atoms with Crippen LogP contribution >= 0.6 is 11.3 Å². The molecule has 7 heteroatoms. The fourth-order valence-corrected chi connectivity index (χ4v) is 3.64. The maximum atomic E-state index is 12.3. The Kier molecular flexibility index (Phi) is 7.68. The van der Waals surface area contributed by atoms with Gasteiger partial charge in [-0.3, -0.25) is 9.78 Å². The van der Waals surface area contributed by atoms with Gasteiger partial charge in [0.2, 0.25) is 0 Å². The normalized spacial score (nSPS) is 11.7. The smallest absolute Gasteiger partial charge is 0.260 e. The van der Waals surface area contributed by atoms with Crippen LogP contribution in [0.2, 0.25) is 0 Å². The Hall–Kier alpha value is -3.06. The number of hydrogen-bond acceptors (Lipinski definition) is 6. The SMILES string of the molecule is CC(=O)CCc1ccc(O[C@@H](C)C(=O)NCCc2nc(-c3ccncc3)cs2)cc1. The maximum Gasteiger partial charge on any atom is 0.260 e. The summed E-state index contributed by atoms with van der Waals surface area (Å²) in [5, 5.41) is 5.88. The van der Waals surface area contributed by atoms with E-state index in [1.54, 1.807) is 37.6 Å². The summed E-state index contributed by atoms with van der Waals surface area (Å²) in [6.07, 6.45) is 4.80. The van der Waals surface area contributed by atoms with Crippen molar-refractivity contribution in [2.75, 3.05) is 6.54 Å². The highest BCUT2D eigenvalue weighted by Crippen LogP contribution is 2.21. The molecule has 1 amide bonds. The largest absolute Gasteiger partial charge is 0.481 e. The first-order valence-electron chi connectivity index (χ1n) is 9.89. The van der Waals surface area contributed by atoms with Gasteiger partial charge in [-0.2, -0.15) is 0 Å². The van der Waals surface area contributed by atoms with Crippen LogP contribution in [0.15, 0.2) is 54.2 Å². The lowest BCUT2D eigenvalue weighted by atomic mass is 10.1. The van der Waals surface area contributed by atoms with Gasteiger partial charge in [-0.15, -0.1) is 11.3 Å². The van der Waals surface area contributed by atoms with Crippen molar-refractivity contribution in [3.8, 4) is 17.0 Å². The predicted molar refractivity (Wildman–Crippen MR) is 118 cm³/mol. The first-order valence-corrected chi connectivity index (χ1v) is 10.8. The van der Waals surface area contributed by atoms with Crippen molar-refractivity contribution in [1.82, 2.24) is 15.3 Å². The van der Waals surface area contributed by atoms with Gasteiger partial charge in [0, 0.05) is 42.7 Å². The van der Waals surface area contributed by atoms with Crippen molar-refractivity contribution in [1.29, 1.82) is 0 Å². The Morgan fingerprint density at radius 2 is 1.83 bits per heavy atom. The molecule has 2 heterocycles. The third-order valence-corrected chi connectivity index (χ3v) is 5.45. The number of carbonyl (C=O) groups excluding carboxylic acids is 2. The summed E-state index contributed by atoms with van der Waals surface area (Å²) in [5.74, 6) is 0.639. The van der Waals surface area contributed by atoms with E-state index in [4.69, 9.17) is 4.74 Å². The van der Waals surface area contributed by atoms with Crippen molar-refractivity contribution in [3.05, 3.63) is 64.7 Å². The number of nitrogens with zero attached hydrogens (tertiary/aromatic N) is 2. The average Bonchev–Trinajstić information content (AvgIpc) is 3.22. The molecule has 0 aliphatic heterocycles. The molecule has 1 N–H and O–H groups in total. The van der Waals surface area contributed by atoms with Gasteiger partial charge in [-0.25, -0.2) is 4.98 Å². The Morgan fingerprint density at radius 1 is 1.10 bits per heavy atom. The minimum Gasteiger partial charge on any atom is -0.481 e. The van der Waals surface area contributed by atoms with Crippen LogP contribution in [-0.2, 0) is 22.4 Å².